The van der Waals surface area contributed by atoms with E-state index in [0.717, 1.165) is 51.4 Å². The topological polar surface area (TPSA) is 50.1 Å². The van der Waals surface area contributed by atoms with Crippen LogP contribution in [-0.4, -0.2) is 38.3 Å². The van der Waals surface area contributed by atoms with Gasteiger partial charge >= 0.3 is 0 Å². The van der Waals surface area contributed by atoms with E-state index in [-0.39, 0.29) is 0 Å². The highest BCUT2D eigenvalue weighted by Gasteiger charge is 2.21. The zero-order valence-electron chi connectivity index (χ0n) is 15.9. The fourth-order valence-corrected chi connectivity index (χ4v) is 3.76. The summed E-state index contributed by atoms with van der Waals surface area (Å²) in [6.07, 6.45) is 9.81. The van der Waals surface area contributed by atoms with Crippen LogP contribution in [0.1, 0.15) is 30.2 Å². The van der Waals surface area contributed by atoms with E-state index in [1.165, 1.54) is 0 Å². The van der Waals surface area contributed by atoms with E-state index < -0.39 is 0 Å². The molecule has 3 aromatic heterocycles. The van der Waals surface area contributed by atoms with Crippen LogP contribution in [0.5, 0.6) is 0 Å². The number of anilines is 1. The lowest BCUT2D eigenvalue weighted by molar-refractivity contribution is 0.391. The van der Waals surface area contributed by atoms with Crippen LogP contribution in [0.25, 0.3) is 10.9 Å². The molecule has 3 aromatic rings. The second-order valence-electron chi connectivity index (χ2n) is 6.99. The number of rotatable bonds is 5. The third kappa shape index (κ3) is 3.55. The summed E-state index contributed by atoms with van der Waals surface area (Å²) in [6, 6.07) is 4.13. The molecular formula is C20H23ClN6. The van der Waals surface area contributed by atoms with E-state index in [9.17, 15) is 0 Å². The van der Waals surface area contributed by atoms with Crippen molar-refractivity contribution in [2.75, 3.05) is 18.6 Å². The molecule has 0 fully saturated rings. The number of aromatic nitrogens is 4. The number of nitrogens with zero attached hydrogens (tertiary/aromatic N) is 6. The van der Waals surface area contributed by atoms with E-state index >= 15 is 0 Å². The maximum atomic E-state index is 6.15. The molecule has 4 rings (SSSR count). The SMILES string of the molecule is CCCc1nccc2nn(Cc3cnc(N4C=C(Cl)CN4C)c(C)c3)cc12. The van der Waals surface area contributed by atoms with Crippen LogP contribution < -0.4 is 5.01 Å². The average Bonchev–Trinajstić information content (AvgIpc) is 3.18. The molecule has 140 valence electrons. The monoisotopic (exact) mass is 382 g/mol. The first kappa shape index (κ1) is 17.9. The number of hydrazine groups is 1. The van der Waals surface area contributed by atoms with E-state index in [1.807, 2.05) is 46.4 Å². The van der Waals surface area contributed by atoms with Crippen molar-refractivity contribution in [1.82, 2.24) is 24.8 Å². The van der Waals surface area contributed by atoms with Crippen LogP contribution in [-0.2, 0) is 13.0 Å². The van der Waals surface area contributed by atoms with Crippen LogP contribution in [0.4, 0.5) is 5.82 Å². The van der Waals surface area contributed by atoms with Crippen LogP contribution in [0.15, 0.2) is 42.0 Å². The molecule has 0 aliphatic carbocycles. The molecule has 0 aromatic carbocycles. The molecule has 7 heteroatoms. The first-order valence-corrected chi connectivity index (χ1v) is 9.56. The molecule has 1 aliphatic heterocycles. The fraction of sp³-hybridized carbons (Fsp3) is 0.350. The lowest BCUT2D eigenvalue weighted by Crippen LogP contribution is -2.32. The minimum absolute atomic E-state index is 0.681. The number of hydrogen-bond acceptors (Lipinski definition) is 5. The van der Waals surface area contributed by atoms with Crippen LogP contribution >= 0.6 is 11.6 Å². The number of pyridine rings is 2. The van der Waals surface area contributed by atoms with Gasteiger partial charge in [-0.1, -0.05) is 24.9 Å². The van der Waals surface area contributed by atoms with Crippen LogP contribution in [0.3, 0.4) is 0 Å². The van der Waals surface area contributed by atoms with E-state index in [4.69, 9.17) is 16.7 Å². The lowest BCUT2D eigenvalue weighted by Gasteiger charge is -2.25. The molecule has 6 nitrogen and oxygen atoms in total. The second kappa shape index (κ2) is 7.29. The third-order valence-corrected chi connectivity index (χ3v) is 4.95. The smallest absolute Gasteiger partial charge is 0.150 e. The van der Waals surface area contributed by atoms with Crippen molar-refractivity contribution in [2.45, 2.75) is 33.2 Å². The Morgan fingerprint density at radius 3 is 2.81 bits per heavy atom. The summed E-state index contributed by atoms with van der Waals surface area (Å²) in [7, 11) is 2.00. The van der Waals surface area contributed by atoms with E-state index in [2.05, 4.69) is 36.1 Å². The Labute approximate surface area is 164 Å². The van der Waals surface area contributed by atoms with Gasteiger partial charge in [-0.05, 0) is 36.6 Å². The van der Waals surface area contributed by atoms with Gasteiger partial charge in [-0.25, -0.2) is 9.99 Å². The maximum absolute atomic E-state index is 6.15. The quantitative estimate of drug-likeness (QED) is 0.670. The van der Waals surface area contributed by atoms with Gasteiger partial charge < -0.3 is 0 Å². The standard InChI is InChI=1S/C20H23ClN6/c1-4-5-18-17-13-26(24-19(17)6-7-22-18)10-15-8-14(2)20(23-9-15)27-12-16(21)11-25(27)3/h6-9,12-13H,4-5,10-11H2,1-3H3. The van der Waals surface area contributed by atoms with E-state index in [1.54, 1.807) is 0 Å². The van der Waals surface area contributed by atoms with Crippen molar-refractivity contribution < 1.29 is 0 Å². The summed E-state index contributed by atoms with van der Waals surface area (Å²) in [4.78, 5) is 9.18. The minimum atomic E-state index is 0.681. The van der Waals surface area contributed by atoms with Crippen molar-refractivity contribution >= 4 is 28.3 Å². The molecule has 0 saturated heterocycles. The molecule has 4 heterocycles. The summed E-state index contributed by atoms with van der Waals surface area (Å²) in [5.74, 6) is 0.900. The highest BCUT2D eigenvalue weighted by molar-refractivity contribution is 6.30. The number of likely N-dealkylation sites (N-methyl/N-ethyl adjacent to an activating group) is 1. The first-order valence-electron chi connectivity index (χ1n) is 9.18. The highest BCUT2D eigenvalue weighted by Crippen LogP contribution is 2.26. The lowest BCUT2D eigenvalue weighted by atomic mass is 10.1. The Hall–Kier alpha value is -2.44. The zero-order valence-corrected chi connectivity index (χ0v) is 16.6. The average molecular weight is 383 g/mol. The van der Waals surface area contributed by atoms with Gasteiger partial charge in [0.15, 0.2) is 0 Å². The molecule has 0 unspecified atom stereocenters. The molecule has 0 spiro atoms. The Kier molecular flexibility index (Phi) is 4.85. The molecule has 0 N–H and O–H groups in total. The molecule has 0 radical (unpaired) electrons. The largest absolute Gasteiger partial charge is 0.267 e. The van der Waals surface area contributed by atoms with Gasteiger partial charge in [0.25, 0.3) is 0 Å². The molecule has 1 aliphatic rings. The Morgan fingerprint density at radius 2 is 2.11 bits per heavy atom. The van der Waals surface area contributed by atoms with Gasteiger partial charge in [0.2, 0.25) is 0 Å². The summed E-state index contributed by atoms with van der Waals surface area (Å²) in [5, 5.41) is 10.7. The minimum Gasteiger partial charge on any atom is -0.267 e. The molecule has 27 heavy (non-hydrogen) atoms. The Morgan fingerprint density at radius 1 is 1.26 bits per heavy atom. The number of halogens is 1. The molecule has 0 bridgehead atoms. The number of aryl methyl sites for hydroxylation is 2. The molecule has 0 amide bonds. The fourth-order valence-electron chi connectivity index (χ4n) is 3.49. The Balaban J connectivity index is 1.59. The summed E-state index contributed by atoms with van der Waals surface area (Å²) < 4.78 is 1.97. The van der Waals surface area contributed by atoms with Gasteiger partial charge in [0.1, 0.15) is 5.82 Å². The van der Waals surface area contributed by atoms with E-state index in [0.29, 0.717) is 13.1 Å². The van der Waals surface area contributed by atoms with Gasteiger partial charge in [-0.15, -0.1) is 0 Å². The molecular weight excluding hydrogens is 360 g/mol. The number of hydrogen-bond donors (Lipinski definition) is 0. The molecule has 0 saturated carbocycles. The third-order valence-electron chi connectivity index (χ3n) is 4.73. The molecule has 0 atom stereocenters. The first-order chi connectivity index (χ1) is 13.0. The normalized spacial score (nSPS) is 15.0. The maximum Gasteiger partial charge on any atom is 0.150 e. The van der Waals surface area contributed by atoms with Gasteiger partial charge in [-0.3, -0.25) is 14.7 Å². The van der Waals surface area contributed by atoms with Crippen LogP contribution in [0.2, 0.25) is 0 Å². The summed E-state index contributed by atoms with van der Waals surface area (Å²) >= 11 is 6.15. The summed E-state index contributed by atoms with van der Waals surface area (Å²) in [6.45, 7) is 5.63. The predicted octanol–water partition coefficient (Wildman–Crippen LogP) is 3.88. The van der Waals surface area contributed by atoms with Gasteiger partial charge in [-0.2, -0.15) is 5.10 Å². The van der Waals surface area contributed by atoms with Crippen molar-refractivity contribution in [3.63, 3.8) is 0 Å². The summed E-state index contributed by atoms with van der Waals surface area (Å²) in [5.41, 5.74) is 4.33. The zero-order chi connectivity index (χ0) is 19.0. The van der Waals surface area contributed by atoms with Gasteiger partial charge in [0, 0.05) is 37.2 Å². The van der Waals surface area contributed by atoms with Crippen molar-refractivity contribution in [2.24, 2.45) is 0 Å². The second-order valence-corrected chi connectivity index (χ2v) is 7.47. The van der Waals surface area contributed by atoms with Crippen molar-refractivity contribution in [1.29, 1.82) is 0 Å². The van der Waals surface area contributed by atoms with Crippen LogP contribution in [0, 0.1) is 6.92 Å². The Bertz CT molecular complexity index is 1010. The number of fused-ring (bicyclic) bond motifs is 1. The predicted molar refractivity (Wildman–Crippen MR) is 109 cm³/mol. The highest BCUT2D eigenvalue weighted by atomic mass is 35.5. The van der Waals surface area contributed by atoms with Gasteiger partial charge in [0.05, 0.1) is 29.3 Å². The van der Waals surface area contributed by atoms with Crippen molar-refractivity contribution in [3.8, 4) is 0 Å². The van der Waals surface area contributed by atoms with Crippen molar-refractivity contribution in [3.05, 3.63) is 58.8 Å².